The van der Waals surface area contributed by atoms with Gasteiger partial charge in [0.2, 0.25) is 11.8 Å². The fourth-order valence-corrected chi connectivity index (χ4v) is 9.71. The van der Waals surface area contributed by atoms with E-state index in [0.717, 1.165) is 49.7 Å². The summed E-state index contributed by atoms with van der Waals surface area (Å²) < 4.78 is 25.1. The molecule has 4 heterocycles. The van der Waals surface area contributed by atoms with Crippen LogP contribution in [0.2, 0.25) is 0 Å². The van der Waals surface area contributed by atoms with E-state index in [1.165, 1.54) is 4.90 Å². The van der Waals surface area contributed by atoms with Crippen LogP contribution in [0.15, 0.2) is 36.4 Å². The summed E-state index contributed by atoms with van der Waals surface area (Å²) in [6, 6.07) is 5.96. The van der Waals surface area contributed by atoms with E-state index in [-0.39, 0.29) is 36.8 Å². The molecule has 2 saturated heterocycles. The van der Waals surface area contributed by atoms with Gasteiger partial charge in [-0.1, -0.05) is 63.1 Å². The van der Waals surface area contributed by atoms with Gasteiger partial charge in [-0.15, -0.1) is 0 Å². The normalized spacial score (nSPS) is 34.8. The number of benzene rings is 1. The molecule has 1 aromatic rings. The van der Waals surface area contributed by atoms with Gasteiger partial charge in [-0.3, -0.25) is 14.5 Å². The summed E-state index contributed by atoms with van der Waals surface area (Å²) in [6.45, 7) is 13.0. The average Bonchev–Trinajstić information content (AvgIpc) is 3.81. The highest BCUT2D eigenvalue weighted by Crippen LogP contribution is 2.65. The number of nitrogens with one attached hydrogen (secondary N) is 2. The molecule has 8 rings (SSSR count). The molecule has 0 aromatic heterocycles. The van der Waals surface area contributed by atoms with Crippen molar-refractivity contribution in [2.24, 2.45) is 17.3 Å². The zero-order chi connectivity index (χ0) is 37.7. The largest absolute Gasteiger partial charge is 0.481 e. The Morgan fingerprint density at radius 1 is 1.00 bits per heavy atom. The summed E-state index contributed by atoms with van der Waals surface area (Å²) in [5.74, 6) is -0.243. The zero-order valence-electron chi connectivity index (χ0n) is 32.2. The van der Waals surface area contributed by atoms with Crippen LogP contribution in [0.1, 0.15) is 110 Å². The van der Waals surface area contributed by atoms with E-state index < -0.39 is 60.5 Å². The Morgan fingerprint density at radius 2 is 1.74 bits per heavy atom. The molecule has 1 aromatic carbocycles. The van der Waals surface area contributed by atoms with Crippen molar-refractivity contribution in [1.29, 1.82) is 0 Å². The van der Waals surface area contributed by atoms with E-state index in [2.05, 4.69) is 31.4 Å². The Morgan fingerprint density at radius 3 is 2.43 bits per heavy atom. The van der Waals surface area contributed by atoms with Gasteiger partial charge in [0, 0.05) is 19.5 Å². The van der Waals surface area contributed by atoms with Crippen LogP contribution < -0.4 is 10.6 Å². The third-order valence-corrected chi connectivity index (χ3v) is 12.8. The van der Waals surface area contributed by atoms with Gasteiger partial charge in [0.1, 0.15) is 23.8 Å². The molecule has 7 aliphatic rings. The molecule has 0 spiro atoms. The average molecular weight is 733 g/mol. The third-order valence-electron chi connectivity index (χ3n) is 12.8. The smallest absolute Gasteiger partial charge is 0.444 e. The highest BCUT2D eigenvalue weighted by Gasteiger charge is 2.68. The summed E-state index contributed by atoms with van der Waals surface area (Å²) in [7, 11) is -0.614. The number of carbonyl (C=O) groups is 4. The molecule has 8 atom stereocenters. The molecular formula is C40H57BN4O8. The second kappa shape index (κ2) is 14.6. The molecule has 2 N–H and O–H groups in total. The van der Waals surface area contributed by atoms with Gasteiger partial charge in [-0.2, -0.15) is 0 Å². The van der Waals surface area contributed by atoms with Crippen LogP contribution in [0.5, 0.6) is 0 Å². The minimum absolute atomic E-state index is 0.0129. The van der Waals surface area contributed by atoms with Crippen LogP contribution >= 0.6 is 0 Å². The number of alkyl carbamates (subject to hydrolysis) is 1. The number of carbonyl (C=O) groups excluding carboxylic acids is 4. The van der Waals surface area contributed by atoms with Gasteiger partial charge >= 0.3 is 19.3 Å². The number of rotatable bonds is 3. The Labute approximate surface area is 314 Å². The minimum Gasteiger partial charge on any atom is -0.444 e. The first-order chi connectivity index (χ1) is 25.1. The van der Waals surface area contributed by atoms with Gasteiger partial charge in [-0.25, -0.2) is 9.59 Å². The first-order valence-electron chi connectivity index (χ1n) is 19.7. The second-order valence-corrected chi connectivity index (χ2v) is 17.9. The maximum atomic E-state index is 14.5. The molecule has 5 fully saturated rings. The summed E-state index contributed by atoms with van der Waals surface area (Å²) in [5.41, 5.74) is 1.12. The lowest BCUT2D eigenvalue weighted by atomic mass is 9.43. The van der Waals surface area contributed by atoms with Crippen molar-refractivity contribution in [3.05, 3.63) is 47.5 Å². The molecule has 2 bridgehead atoms. The third kappa shape index (κ3) is 7.70. The SMILES string of the molecule is CC(C)(C)OC(=O)N[C@H]1C/C=C/CCCCC[C@@H](B2O[C@@H]3C[C@@H]4C[C@@H](C4(C)C)[C@]3(C)O2)NC(=O)[C@@H]2C[C@@H](OC(=O)N3Cc4ccccc4C3)CN2C1=O. The molecule has 12 nitrogen and oxygen atoms in total. The number of ether oxygens (including phenoxy) is 2. The van der Waals surface area contributed by atoms with Crippen LogP contribution in [0.25, 0.3) is 0 Å². The number of amides is 4. The van der Waals surface area contributed by atoms with Gasteiger partial charge in [-0.05, 0) is 94.6 Å². The van der Waals surface area contributed by atoms with Gasteiger partial charge < -0.3 is 34.3 Å². The van der Waals surface area contributed by atoms with Crippen molar-refractivity contribution in [3.63, 3.8) is 0 Å². The number of nitrogens with zero attached hydrogens (tertiary/aromatic N) is 2. The monoisotopic (exact) mass is 732 g/mol. The highest BCUT2D eigenvalue weighted by atomic mass is 16.7. The maximum Gasteiger partial charge on any atom is 0.481 e. The van der Waals surface area contributed by atoms with Gasteiger partial charge in [0.25, 0.3) is 0 Å². The molecule has 4 amide bonds. The predicted molar refractivity (Wildman–Crippen MR) is 198 cm³/mol. The van der Waals surface area contributed by atoms with E-state index in [1.807, 2.05) is 36.4 Å². The van der Waals surface area contributed by atoms with Crippen molar-refractivity contribution < 1.29 is 38.0 Å². The maximum absolute atomic E-state index is 14.5. The summed E-state index contributed by atoms with van der Waals surface area (Å²) >= 11 is 0. The Kier molecular flexibility index (Phi) is 10.4. The fourth-order valence-electron chi connectivity index (χ4n) is 9.71. The van der Waals surface area contributed by atoms with Crippen molar-refractivity contribution in [3.8, 4) is 0 Å². The Hall–Kier alpha value is -3.58. The van der Waals surface area contributed by atoms with Crippen molar-refractivity contribution >= 4 is 31.1 Å². The standard InChI is InChI=1S/C40H57BN4O8/c1-38(2,3)51-36(48)42-29-17-11-9-7-8-10-12-18-33(41-52-32-20-27-19-31(39(27,4)5)40(32,6)53-41)43-34(46)30-21-28(24-45(30)35(29)47)50-37(49)44-22-25-15-13-14-16-26(25)23-44/h9,11,13-16,27-33H,7-8,10,12,17-24H2,1-6H3,(H,42,48)(H,43,46)/b11-9+/t27-,28+,29-,30-,31-,32+,33-,40-/m0/s1. The van der Waals surface area contributed by atoms with Gasteiger partial charge in [0.05, 0.1) is 24.2 Å². The lowest BCUT2D eigenvalue weighted by molar-refractivity contribution is -0.199. The molecule has 53 heavy (non-hydrogen) atoms. The molecule has 3 aliphatic carbocycles. The number of fused-ring (bicyclic) bond motifs is 2. The van der Waals surface area contributed by atoms with Crippen LogP contribution in [0.4, 0.5) is 9.59 Å². The lowest BCUT2D eigenvalue weighted by Gasteiger charge is -2.64. The second-order valence-electron chi connectivity index (χ2n) is 17.9. The molecule has 3 saturated carbocycles. The van der Waals surface area contributed by atoms with Crippen molar-refractivity contribution in [2.45, 2.75) is 154 Å². The van der Waals surface area contributed by atoms with Crippen molar-refractivity contribution in [1.82, 2.24) is 20.4 Å². The van der Waals surface area contributed by atoms with Crippen LogP contribution in [0.3, 0.4) is 0 Å². The van der Waals surface area contributed by atoms with Crippen LogP contribution in [0, 0.1) is 17.3 Å². The summed E-state index contributed by atoms with van der Waals surface area (Å²) in [6.07, 6.45) is 8.66. The number of hydrogen-bond donors (Lipinski definition) is 2. The molecule has 288 valence electrons. The Balaban J connectivity index is 1.12. The van der Waals surface area contributed by atoms with E-state index >= 15 is 0 Å². The fraction of sp³-hybridized carbons (Fsp3) is 0.700. The number of hydrogen-bond acceptors (Lipinski definition) is 8. The van der Waals surface area contributed by atoms with Crippen LogP contribution in [-0.2, 0) is 41.5 Å². The summed E-state index contributed by atoms with van der Waals surface area (Å²) in [4.78, 5) is 58.5. The molecular weight excluding hydrogens is 675 g/mol. The van der Waals surface area contributed by atoms with E-state index in [0.29, 0.717) is 31.3 Å². The first kappa shape index (κ1) is 37.7. The van der Waals surface area contributed by atoms with E-state index in [4.69, 9.17) is 18.8 Å². The van der Waals surface area contributed by atoms with E-state index in [1.54, 1.807) is 25.7 Å². The van der Waals surface area contributed by atoms with Gasteiger partial charge in [0.15, 0.2) is 0 Å². The quantitative estimate of drug-likeness (QED) is 0.300. The van der Waals surface area contributed by atoms with Crippen molar-refractivity contribution in [2.75, 3.05) is 6.54 Å². The lowest BCUT2D eigenvalue weighted by Crippen LogP contribution is -2.65. The molecule has 4 aliphatic heterocycles. The van der Waals surface area contributed by atoms with E-state index in [9.17, 15) is 19.2 Å². The first-order valence-corrected chi connectivity index (χ1v) is 19.7. The van der Waals surface area contributed by atoms with Crippen LogP contribution in [-0.4, -0.2) is 88.9 Å². The minimum atomic E-state index is -0.987. The predicted octanol–water partition coefficient (Wildman–Crippen LogP) is 5.66. The summed E-state index contributed by atoms with van der Waals surface area (Å²) in [5, 5.41) is 6.03. The number of allylic oxidation sites excluding steroid dienone is 1. The molecule has 0 radical (unpaired) electrons. The molecule has 13 heteroatoms. The highest BCUT2D eigenvalue weighted by molar-refractivity contribution is 6.48. The Bertz CT molecular complexity index is 1590. The zero-order valence-corrected chi connectivity index (χ0v) is 32.2. The molecule has 0 unspecified atom stereocenters. The topological polar surface area (TPSA) is 136 Å².